The molecule has 3 heteroatoms. The lowest BCUT2D eigenvalue weighted by atomic mass is 9.82. The lowest BCUT2D eigenvalue weighted by Gasteiger charge is -2.24. The molecule has 0 aliphatic carbocycles. The Morgan fingerprint density at radius 3 is 2.56 bits per heavy atom. The third-order valence-electron chi connectivity index (χ3n) is 2.78. The summed E-state index contributed by atoms with van der Waals surface area (Å²) in [5.74, 6) is 0. The van der Waals surface area contributed by atoms with Crippen molar-refractivity contribution in [3.63, 3.8) is 0 Å². The zero-order chi connectivity index (χ0) is 13.2. The topological polar surface area (TPSA) is 17.8 Å². The van der Waals surface area contributed by atoms with Crippen LogP contribution >= 0.6 is 11.6 Å². The van der Waals surface area contributed by atoms with Crippen molar-refractivity contribution < 1.29 is 0 Å². The fourth-order valence-electron chi connectivity index (χ4n) is 1.84. The van der Waals surface area contributed by atoms with Crippen molar-refractivity contribution in [2.45, 2.75) is 20.8 Å². The first-order chi connectivity index (χ1) is 8.48. The molecule has 1 heterocycles. The van der Waals surface area contributed by atoms with Crippen molar-refractivity contribution >= 4 is 23.4 Å². The highest BCUT2D eigenvalue weighted by Crippen LogP contribution is 2.37. The van der Waals surface area contributed by atoms with E-state index >= 15 is 0 Å². The molecule has 0 atom stereocenters. The van der Waals surface area contributed by atoms with Crippen LogP contribution in [0.5, 0.6) is 0 Å². The van der Waals surface area contributed by atoms with E-state index in [4.69, 9.17) is 11.6 Å². The smallest absolute Gasteiger partial charge is 0.0986 e. The standard InChI is InChI=1S/C15H17ClN2/c1-15(2,3)13(10-18-9-8-17-11-18)12-6-4-5-7-14(12)16/h4-11H,1-3H3. The number of halogens is 1. The van der Waals surface area contributed by atoms with Crippen molar-refractivity contribution in [3.05, 3.63) is 53.6 Å². The third kappa shape index (κ3) is 2.82. The van der Waals surface area contributed by atoms with Crippen LogP contribution in [0.4, 0.5) is 0 Å². The Bertz CT molecular complexity index is 548. The first-order valence-corrected chi connectivity index (χ1v) is 6.31. The van der Waals surface area contributed by atoms with Gasteiger partial charge in [-0.3, -0.25) is 0 Å². The maximum Gasteiger partial charge on any atom is 0.0986 e. The second-order valence-corrected chi connectivity index (χ2v) is 5.69. The molecule has 0 amide bonds. The molecule has 1 aromatic heterocycles. The lowest BCUT2D eigenvalue weighted by molar-refractivity contribution is 0.568. The molecule has 18 heavy (non-hydrogen) atoms. The third-order valence-corrected chi connectivity index (χ3v) is 3.10. The van der Waals surface area contributed by atoms with E-state index in [9.17, 15) is 0 Å². The highest BCUT2D eigenvalue weighted by atomic mass is 35.5. The molecule has 94 valence electrons. The quantitative estimate of drug-likeness (QED) is 0.773. The van der Waals surface area contributed by atoms with E-state index in [1.165, 1.54) is 5.57 Å². The van der Waals surface area contributed by atoms with Gasteiger partial charge in [0.1, 0.15) is 0 Å². The zero-order valence-corrected chi connectivity index (χ0v) is 11.6. The Morgan fingerprint density at radius 1 is 1.28 bits per heavy atom. The fraction of sp³-hybridized carbons (Fsp3) is 0.267. The average molecular weight is 261 g/mol. The maximum absolute atomic E-state index is 6.30. The summed E-state index contributed by atoms with van der Waals surface area (Å²) in [5, 5.41) is 0.777. The number of hydrogen-bond donors (Lipinski definition) is 0. The minimum Gasteiger partial charge on any atom is -0.313 e. The molecule has 2 aromatic rings. The molecule has 0 spiro atoms. The Kier molecular flexibility index (Phi) is 3.58. The van der Waals surface area contributed by atoms with Gasteiger partial charge in [0.2, 0.25) is 0 Å². The second-order valence-electron chi connectivity index (χ2n) is 5.28. The van der Waals surface area contributed by atoms with E-state index in [0.717, 1.165) is 10.6 Å². The van der Waals surface area contributed by atoms with E-state index in [-0.39, 0.29) is 5.41 Å². The molecule has 0 saturated heterocycles. The SMILES string of the molecule is CC(C)(C)C(=Cn1ccnc1)c1ccccc1Cl. The average Bonchev–Trinajstić information content (AvgIpc) is 2.78. The number of aromatic nitrogens is 2. The molecular formula is C15H17ClN2. The molecule has 0 aliphatic heterocycles. The molecule has 0 bridgehead atoms. The van der Waals surface area contributed by atoms with E-state index in [1.54, 1.807) is 12.5 Å². The first kappa shape index (κ1) is 12.9. The van der Waals surface area contributed by atoms with Crippen LogP contribution < -0.4 is 0 Å². The summed E-state index contributed by atoms with van der Waals surface area (Å²) < 4.78 is 1.95. The maximum atomic E-state index is 6.30. The molecule has 0 fully saturated rings. The van der Waals surface area contributed by atoms with E-state index in [0.29, 0.717) is 0 Å². The van der Waals surface area contributed by atoms with Gasteiger partial charge in [-0.05, 0) is 22.6 Å². The summed E-state index contributed by atoms with van der Waals surface area (Å²) in [6.07, 6.45) is 7.54. The van der Waals surface area contributed by atoms with Crippen LogP contribution in [0.1, 0.15) is 26.3 Å². The van der Waals surface area contributed by atoms with Crippen LogP contribution in [-0.4, -0.2) is 9.55 Å². The van der Waals surface area contributed by atoms with Gasteiger partial charge in [-0.15, -0.1) is 0 Å². The van der Waals surface area contributed by atoms with Crippen molar-refractivity contribution in [1.29, 1.82) is 0 Å². The molecule has 1 aromatic carbocycles. The van der Waals surface area contributed by atoms with Crippen molar-refractivity contribution in [1.82, 2.24) is 9.55 Å². The van der Waals surface area contributed by atoms with Gasteiger partial charge in [0.05, 0.1) is 6.33 Å². The van der Waals surface area contributed by atoms with Gasteiger partial charge < -0.3 is 4.57 Å². The zero-order valence-electron chi connectivity index (χ0n) is 10.9. The summed E-state index contributed by atoms with van der Waals surface area (Å²) in [6, 6.07) is 7.93. The van der Waals surface area contributed by atoms with Gasteiger partial charge in [-0.25, -0.2) is 4.98 Å². The predicted molar refractivity (Wildman–Crippen MR) is 77.3 cm³/mol. The summed E-state index contributed by atoms with van der Waals surface area (Å²) >= 11 is 6.30. The Balaban J connectivity index is 2.55. The summed E-state index contributed by atoms with van der Waals surface area (Å²) in [6.45, 7) is 6.54. The molecule has 0 saturated carbocycles. The van der Waals surface area contributed by atoms with Gasteiger partial charge >= 0.3 is 0 Å². The number of hydrogen-bond acceptors (Lipinski definition) is 1. The van der Waals surface area contributed by atoms with Crippen LogP contribution in [0.25, 0.3) is 11.8 Å². The second kappa shape index (κ2) is 4.99. The van der Waals surface area contributed by atoms with E-state index in [2.05, 4.69) is 38.0 Å². The van der Waals surface area contributed by atoms with Gasteiger partial charge in [-0.2, -0.15) is 0 Å². The van der Waals surface area contributed by atoms with Crippen LogP contribution in [-0.2, 0) is 0 Å². The van der Waals surface area contributed by atoms with E-state index < -0.39 is 0 Å². The number of nitrogens with zero attached hydrogens (tertiary/aromatic N) is 2. The minimum absolute atomic E-state index is 0.00919. The Labute approximate surface area is 113 Å². The highest BCUT2D eigenvalue weighted by Gasteiger charge is 2.20. The van der Waals surface area contributed by atoms with Gasteiger partial charge in [0.25, 0.3) is 0 Å². The number of allylic oxidation sites excluding steroid dienone is 1. The number of benzene rings is 1. The molecule has 2 nitrogen and oxygen atoms in total. The lowest BCUT2D eigenvalue weighted by Crippen LogP contribution is -2.09. The molecule has 0 unspecified atom stereocenters. The summed E-state index contributed by atoms with van der Waals surface area (Å²) in [7, 11) is 0. The first-order valence-electron chi connectivity index (χ1n) is 5.93. The minimum atomic E-state index is 0.00919. The largest absolute Gasteiger partial charge is 0.313 e. The Morgan fingerprint density at radius 2 is 2.00 bits per heavy atom. The van der Waals surface area contributed by atoms with Crippen molar-refractivity contribution in [2.24, 2.45) is 5.41 Å². The van der Waals surface area contributed by atoms with Crippen LogP contribution in [0.2, 0.25) is 5.02 Å². The molecule has 0 aliphatic rings. The highest BCUT2D eigenvalue weighted by molar-refractivity contribution is 6.32. The normalized spacial score (nSPS) is 12.8. The van der Waals surface area contributed by atoms with Crippen LogP contribution in [0.15, 0.2) is 43.0 Å². The van der Waals surface area contributed by atoms with Gasteiger partial charge in [-0.1, -0.05) is 50.6 Å². The molecular weight excluding hydrogens is 244 g/mol. The molecule has 2 rings (SSSR count). The van der Waals surface area contributed by atoms with Gasteiger partial charge in [0, 0.05) is 23.6 Å². The predicted octanol–water partition coefficient (Wildman–Crippen LogP) is 4.58. The van der Waals surface area contributed by atoms with Crippen molar-refractivity contribution in [2.75, 3.05) is 0 Å². The molecule has 0 radical (unpaired) electrons. The fourth-order valence-corrected chi connectivity index (χ4v) is 2.08. The van der Waals surface area contributed by atoms with Crippen LogP contribution in [0, 0.1) is 5.41 Å². The summed E-state index contributed by atoms with van der Waals surface area (Å²) in [4.78, 5) is 4.06. The van der Waals surface area contributed by atoms with Crippen molar-refractivity contribution in [3.8, 4) is 0 Å². The van der Waals surface area contributed by atoms with Gasteiger partial charge in [0.15, 0.2) is 0 Å². The number of rotatable bonds is 2. The number of imidazole rings is 1. The van der Waals surface area contributed by atoms with E-state index in [1.807, 2.05) is 29.0 Å². The summed E-state index contributed by atoms with van der Waals surface area (Å²) in [5.41, 5.74) is 2.27. The monoisotopic (exact) mass is 260 g/mol. The molecule has 0 N–H and O–H groups in total. The Hall–Kier alpha value is -1.54. The van der Waals surface area contributed by atoms with Crippen LogP contribution in [0.3, 0.4) is 0 Å².